The maximum atomic E-state index is 5.71. The van der Waals surface area contributed by atoms with E-state index in [9.17, 15) is 0 Å². The van der Waals surface area contributed by atoms with Gasteiger partial charge in [0.25, 0.3) is 0 Å². The lowest BCUT2D eigenvalue weighted by Crippen LogP contribution is -1.94. The van der Waals surface area contributed by atoms with Crippen LogP contribution in [0, 0.1) is 0 Å². The lowest BCUT2D eigenvalue weighted by Gasteiger charge is -2.01. The Kier molecular flexibility index (Phi) is 3.61. The third-order valence-corrected chi connectivity index (χ3v) is 3.33. The van der Waals surface area contributed by atoms with Gasteiger partial charge in [0, 0.05) is 5.75 Å². The molecule has 0 aromatic carbocycles. The van der Waals surface area contributed by atoms with Crippen LogP contribution < -0.4 is 5.73 Å². The fourth-order valence-corrected chi connectivity index (χ4v) is 2.34. The van der Waals surface area contributed by atoms with E-state index in [2.05, 4.69) is 21.9 Å². The normalized spacial score (nSPS) is 11.1. The topological polar surface area (TPSA) is 69.6 Å². The Hall–Kier alpha value is -1.30. The van der Waals surface area contributed by atoms with Gasteiger partial charge in [0.15, 0.2) is 17.0 Å². The number of hydrogen-bond donors (Lipinski definition) is 1. The third-order valence-electron chi connectivity index (χ3n) is 2.31. The van der Waals surface area contributed by atoms with Gasteiger partial charge in [0.2, 0.25) is 0 Å². The molecule has 2 aromatic heterocycles. The quantitative estimate of drug-likeness (QED) is 0.806. The zero-order valence-electron chi connectivity index (χ0n) is 9.26. The van der Waals surface area contributed by atoms with Crippen molar-refractivity contribution in [1.29, 1.82) is 0 Å². The molecule has 0 radical (unpaired) electrons. The number of rotatable bonds is 5. The van der Waals surface area contributed by atoms with E-state index < -0.39 is 0 Å². The van der Waals surface area contributed by atoms with Gasteiger partial charge in [0.05, 0.1) is 0 Å². The van der Waals surface area contributed by atoms with E-state index in [0.29, 0.717) is 11.3 Å². The highest BCUT2D eigenvalue weighted by Crippen LogP contribution is 2.19. The summed E-state index contributed by atoms with van der Waals surface area (Å²) in [6.07, 6.45) is 6.94. The van der Waals surface area contributed by atoms with Gasteiger partial charge in [0.1, 0.15) is 12.7 Å². The van der Waals surface area contributed by atoms with Gasteiger partial charge in [-0.15, -0.1) is 0 Å². The molecule has 0 fully saturated rings. The van der Waals surface area contributed by atoms with Crippen LogP contribution in [-0.2, 0) is 0 Å². The monoisotopic (exact) mass is 237 g/mol. The van der Waals surface area contributed by atoms with Crippen molar-refractivity contribution in [2.24, 2.45) is 0 Å². The molecule has 0 aliphatic heterocycles. The van der Waals surface area contributed by atoms with E-state index in [4.69, 9.17) is 5.73 Å². The van der Waals surface area contributed by atoms with Crippen molar-refractivity contribution in [2.45, 2.75) is 26.2 Å². The highest BCUT2D eigenvalue weighted by atomic mass is 32.2. The molecule has 0 spiro atoms. The number of hydrogen-bond acceptors (Lipinski definition) is 5. The molecule has 0 amide bonds. The SMILES string of the molecule is CCCCCSn1cnc2c(N)ncnc21. The molecule has 0 saturated heterocycles. The van der Waals surface area contributed by atoms with Gasteiger partial charge in [-0.05, 0) is 18.4 Å². The van der Waals surface area contributed by atoms with E-state index in [1.807, 2.05) is 3.97 Å². The van der Waals surface area contributed by atoms with Crippen LogP contribution in [0.5, 0.6) is 0 Å². The van der Waals surface area contributed by atoms with Crippen molar-refractivity contribution in [1.82, 2.24) is 18.9 Å². The summed E-state index contributed by atoms with van der Waals surface area (Å²) in [6, 6.07) is 0. The molecular formula is C10H15N5S. The first kappa shape index (κ1) is 11.2. The summed E-state index contributed by atoms with van der Waals surface area (Å²) in [5.41, 5.74) is 7.20. The van der Waals surface area contributed by atoms with Gasteiger partial charge in [-0.1, -0.05) is 19.8 Å². The zero-order chi connectivity index (χ0) is 11.4. The second kappa shape index (κ2) is 5.16. The Morgan fingerprint density at radius 3 is 3.00 bits per heavy atom. The van der Waals surface area contributed by atoms with Gasteiger partial charge in [-0.25, -0.2) is 15.0 Å². The first-order chi connectivity index (χ1) is 7.83. The molecule has 86 valence electrons. The highest BCUT2D eigenvalue weighted by Gasteiger charge is 2.07. The molecule has 2 N–H and O–H groups in total. The average Bonchev–Trinajstić information content (AvgIpc) is 2.70. The van der Waals surface area contributed by atoms with Crippen LogP contribution in [0.15, 0.2) is 12.7 Å². The molecule has 0 unspecified atom stereocenters. The van der Waals surface area contributed by atoms with Crippen LogP contribution in [0.2, 0.25) is 0 Å². The Labute approximate surface area is 98.6 Å². The minimum absolute atomic E-state index is 0.443. The molecule has 6 heteroatoms. The van der Waals surface area contributed by atoms with Crippen molar-refractivity contribution >= 4 is 28.9 Å². The predicted molar refractivity (Wildman–Crippen MR) is 67.1 cm³/mol. The first-order valence-corrected chi connectivity index (χ1v) is 6.34. The molecule has 2 aromatic rings. The summed E-state index contributed by atoms with van der Waals surface area (Å²) in [5, 5.41) is 0. The van der Waals surface area contributed by atoms with Crippen LogP contribution in [-0.4, -0.2) is 24.7 Å². The molecule has 0 aliphatic carbocycles. The maximum Gasteiger partial charge on any atom is 0.175 e. The minimum atomic E-state index is 0.443. The summed E-state index contributed by atoms with van der Waals surface area (Å²) in [7, 11) is 0. The Balaban J connectivity index is 2.10. The molecule has 0 atom stereocenters. The number of nitrogens with zero attached hydrogens (tertiary/aromatic N) is 4. The largest absolute Gasteiger partial charge is 0.382 e. The molecule has 0 saturated carbocycles. The predicted octanol–water partition coefficient (Wildman–Crippen LogP) is 2.09. The average molecular weight is 237 g/mol. The van der Waals surface area contributed by atoms with Gasteiger partial charge < -0.3 is 5.73 Å². The number of nitrogen functional groups attached to an aromatic ring is 1. The fourth-order valence-electron chi connectivity index (χ4n) is 1.44. The Morgan fingerprint density at radius 1 is 1.31 bits per heavy atom. The summed E-state index contributed by atoms with van der Waals surface area (Å²) in [5.74, 6) is 1.52. The van der Waals surface area contributed by atoms with Gasteiger partial charge in [-0.2, -0.15) is 0 Å². The van der Waals surface area contributed by atoms with Crippen molar-refractivity contribution < 1.29 is 0 Å². The number of anilines is 1. The molecule has 2 rings (SSSR count). The highest BCUT2D eigenvalue weighted by molar-refractivity contribution is 7.97. The number of fused-ring (bicyclic) bond motifs is 1. The van der Waals surface area contributed by atoms with E-state index in [-0.39, 0.29) is 0 Å². The minimum Gasteiger partial charge on any atom is -0.382 e. The molecule has 16 heavy (non-hydrogen) atoms. The first-order valence-electron chi connectivity index (χ1n) is 5.39. The molecule has 5 nitrogen and oxygen atoms in total. The number of aromatic nitrogens is 4. The summed E-state index contributed by atoms with van der Waals surface area (Å²) in [6.45, 7) is 2.20. The Bertz CT molecular complexity index is 467. The lowest BCUT2D eigenvalue weighted by molar-refractivity contribution is 0.778. The second-order valence-corrected chi connectivity index (χ2v) is 4.60. The lowest BCUT2D eigenvalue weighted by atomic mass is 10.3. The smallest absolute Gasteiger partial charge is 0.175 e. The molecule has 0 aliphatic rings. The van der Waals surface area contributed by atoms with Gasteiger partial charge in [-0.3, -0.25) is 3.97 Å². The van der Waals surface area contributed by atoms with Crippen LogP contribution in [0.1, 0.15) is 26.2 Å². The van der Waals surface area contributed by atoms with Crippen LogP contribution in [0.4, 0.5) is 5.82 Å². The fraction of sp³-hybridized carbons (Fsp3) is 0.500. The van der Waals surface area contributed by atoms with Crippen molar-refractivity contribution in [2.75, 3.05) is 11.5 Å². The zero-order valence-corrected chi connectivity index (χ0v) is 10.1. The molecule has 2 heterocycles. The number of imidazole rings is 1. The molecular weight excluding hydrogens is 222 g/mol. The third kappa shape index (κ3) is 2.27. The second-order valence-electron chi connectivity index (χ2n) is 3.54. The van der Waals surface area contributed by atoms with Crippen LogP contribution in [0.25, 0.3) is 11.2 Å². The number of nitrogens with two attached hydrogens (primary N) is 1. The van der Waals surface area contributed by atoms with E-state index in [1.54, 1.807) is 18.3 Å². The Morgan fingerprint density at radius 2 is 2.19 bits per heavy atom. The van der Waals surface area contributed by atoms with Crippen molar-refractivity contribution in [3.63, 3.8) is 0 Å². The van der Waals surface area contributed by atoms with Crippen LogP contribution >= 0.6 is 11.9 Å². The van der Waals surface area contributed by atoms with Crippen molar-refractivity contribution in [3.8, 4) is 0 Å². The molecule has 0 bridgehead atoms. The maximum absolute atomic E-state index is 5.71. The standard InChI is InChI=1S/C10H15N5S/c1-2-3-4-5-16-15-7-14-8-9(11)12-6-13-10(8)15/h6-7H,2-5H2,1H3,(H2,11,12,13). The number of unbranched alkanes of at least 4 members (excludes halogenated alkanes) is 2. The summed E-state index contributed by atoms with van der Waals surface area (Å²) < 4.78 is 1.96. The van der Waals surface area contributed by atoms with Gasteiger partial charge >= 0.3 is 0 Å². The van der Waals surface area contributed by atoms with Crippen molar-refractivity contribution in [3.05, 3.63) is 12.7 Å². The summed E-state index contributed by atoms with van der Waals surface area (Å²) >= 11 is 1.71. The van der Waals surface area contributed by atoms with E-state index in [1.165, 1.54) is 25.6 Å². The van der Waals surface area contributed by atoms with E-state index >= 15 is 0 Å². The van der Waals surface area contributed by atoms with Crippen LogP contribution in [0.3, 0.4) is 0 Å². The summed E-state index contributed by atoms with van der Waals surface area (Å²) in [4.78, 5) is 12.3. The van der Waals surface area contributed by atoms with E-state index in [0.717, 1.165) is 11.4 Å².